The van der Waals surface area contributed by atoms with Crippen LogP contribution in [0, 0.1) is 0 Å². The molecule has 1 aromatic carbocycles. The van der Waals surface area contributed by atoms with Crippen LogP contribution in [0.25, 0.3) is 0 Å². The topological polar surface area (TPSA) is 141 Å². The standard InChI is InChI=1S/C10H11NO6/c11-3-6(10(16)17)4-1-5(9(14)15)8(13)2-7(4)12/h1-2,6,12-13H,3,11H2,(H,14,15)(H,16,17). The Balaban J connectivity index is 3.38. The summed E-state index contributed by atoms with van der Waals surface area (Å²) in [5.41, 5.74) is 4.61. The second-order valence-corrected chi connectivity index (χ2v) is 3.36. The lowest BCUT2D eigenvalue weighted by molar-refractivity contribution is -0.138. The van der Waals surface area contributed by atoms with Gasteiger partial charge in [0.15, 0.2) is 0 Å². The summed E-state index contributed by atoms with van der Waals surface area (Å²) in [6.45, 7) is -0.299. The van der Waals surface area contributed by atoms with E-state index in [2.05, 4.69) is 0 Å². The predicted molar refractivity (Wildman–Crippen MR) is 56.2 cm³/mol. The number of carboxylic acids is 2. The van der Waals surface area contributed by atoms with Crippen molar-refractivity contribution in [3.8, 4) is 11.5 Å². The number of hydrogen-bond acceptors (Lipinski definition) is 5. The van der Waals surface area contributed by atoms with E-state index in [1.807, 2.05) is 0 Å². The minimum absolute atomic E-state index is 0.143. The summed E-state index contributed by atoms with van der Waals surface area (Å²) in [5, 5.41) is 36.3. The largest absolute Gasteiger partial charge is 0.508 e. The molecule has 1 rings (SSSR count). The van der Waals surface area contributed by atoms with Gasteiger partial charge < -0.3 is 26.2 Å². The summed E-state index contributed by atoms with van der Waals surface area (Å²) in [6, 6.07) is 1.68. The van der Waals surface area contributed by atoms with Crippen LogP contribution < -0.4 is 5.73 Å². The molecule has 0 heterocycles. The highest BCUT2D eigenvalue weighted by atomic mass is 16.4. The van der Waals surface area contributed by atoms with Gasteiger partial charge in [-0.05, 0) is 6.07 Å². The minimum atomic E-state index is -1.43. The van der Waals surface area contributed by atoms with Crippen LogP contribution >= 0.6 is 0 Å². The van der Waals surface area contributed by atoms with Gasteiger partial charge in [0, 0.05) is 18.2 Å². The molecule has 0 saturated heterocycles. The molecule has 0 aromatic heterocycles. The first-order chi connectivity index (χ1) is 7.88. The van der Waals surface area contributed by atoms with Crippen LogP contribution in [0.2, 0.25) is 0 Å². The van der Waals surface area contributed by atoms with E-state index in [1.54, 1.807) is 0 Å². The Kier molecular flexibility index (Phi) is 3.54. The molecule has 0 radical (unpaired) electrons. The van der Waals surface area contributed by atoms with Gasteiger partial charge >= 0.3 is 11.9 Å². The molecule has 7 nitrogen and oxygen atoms in total. The maximum atomic E-state index is 10.8. The number of nitrogens with two attached hydrogens (primary N) is 1. The SMILES string of the molecule is NCC(C(=O)O)c1cc(C(=O)O)c(O)cc1O. The number of phenols is 2. The number of benzene rings is 1. The van der Waals surface area contributed by atoms with Crippen LogP contribution in [0.1, 0.15) is 21.8 Å². The highest BCUT2D eigenvalue weighted by Crippen LogP contribution is 2.32. The van der Waals surface area contributed by atoms with Crippen molar-refractivity contribution in [1.29, 1.82) is 0 Å². The molecule has 1 unspecified atom stereocenters. The highest BCUT2D eigenvalue weighted by molar-refractivity contribution is 5.92. The lowest BCUT2D eigenvalue weighted by Crippen LogP contribution is -2.21. The molecule has 7 heteroatoms. The van der Waals surface area contributed by atoms with E-state index in [0.717, 1.165) is 12.1 Å². The van der Waals surface area contributed by atoms with Crippen LogP contribution in [0.3, 0.4) is 0 Å². The molecule has 1 atom stereocenters. The third kappa shape index (κ3) is 2.45. The molecule has 0 aliphatic rings. The van der Waals surface area contributed by atoms with Crippen molar-refractivity contribution in [2.75, 3.05) is 6.54 Å². The monoisotopic (exact) mass is 241 g/mol. The zero-order valence-corrected chi connectivity index (χ0v) is 8.62. The number of carbonyl (C=O) groups is 2. The molecule has 17 heavy (non-hydrogen) atoms. The first kappa shape index (κ1) is 12.8. The first-order valence-electron chi connectivity index (χ1n) is 4.60. The van der Waals surface area contributed by atoms with Gasteiger partial charge in [0.2, 0.25) is 0 Å². The van der Waals surface area contributed by atoms with Crippen LogP contribution in [0.15, 0.2) is 12.1 Å². The summed E-state index contributed by atoms with van der Waals surface area (Å²) in [5.74, 6) is -5.09. The molecular formula is C10H11NO6. The Morgan fingerprint density at radius 2 is 1.76 bits per heavy atom. The predicted octanol–water partition coefficient (Wildman–Crippen LogP) is -0.0771. The van der Waals surface area contributed by atoms with Gasteiger partial charge in [-0.1, -0.05) is 0 Å². The molecule has 0 aliphatic heterocycles. The Morgan fingerprint density at radius 3 is 2.18 bits per heavy atom. The third-order valence-electron chi connectivity index (χ3n) is 2.28. The van der Waals surface area contributed by atoms with E-state index in [-0.39, 0.29) is 12.1 Å². The summed E-state index contributed by atoms with van der Waals surface area (Å²) < 4.78 is 0. The van der Waals surface area contributed by atoms with E-state index >= 15 is 0 Å². The molecule has 6 N–H and O–H groups in total. The first-order valence-corrected chi connectivity index (χ1v) is 4.60. The van der Waals surface area contributed by atoms with Gasteiger partial charge in [0.25, 0.3) is 0 Å². The summed E-state index contributed by atoms with van der Waals surface area (Å²) in [4.78, 5) is 21.6. The molecule has 0 fully saturated rings. The van der Waals surface area contributed by atoms with Crippen LogP contribution in [-0.2, 0) is 4.79 Å². The number of rotatable bonds is 4. The minimum Gasteiger partial charge on any atom is -0.508 e. The van der Waals surface area contributed by atoms with Crippen LogP contribution in [-0.4, -0.2) is 38.9 Å². The van der Waals surface area contributed by atoms with Gasteiger partial charge in [-0.15, -0.1) is 0 Å². The molecule has 92 valence electrons. The maximum Gasteiger partial charge on any atom is 0.339 e. The Labute approximate surface area is 95.7 Å². The number of aromatic hydroxyl groups is 2. The second-order valence-electron chi connectivity index (χ2n) is 3.36. The number of hydrogen-bond donors (Lipinski definition) is 5. The quantitative estimate of drug-likeness (QED) is 0.496. The lowest BCUT2D eigenvalue weighted by atomic mass is 9.96. The average molecular weight is 241 g/mol. The summed E-state index contributed by atoms with van der Waals surface area (Å²) in [6.07, 6.45) is 0. The Bertz CT molecular complexity index is 470. The molecular weight excluding hydrogens is 230 g/mol. The van der Waals surface area contributed by atoms with Gasteiger partial charge in [-0.3, -0.25) is 4.79 Å². The molecule has 0 saturated carbocycles. The molecule has 0 aliphatic carbocycles. The van der Waals surface area contributed by atoms with Crippen molar-refractivity contribution in [2.24, 2.45) is 5.73 Å². The fraction of sp³-hybridized carbons (Fsp3) is 0.200. The fourth-order valence-electron chi connectivity index (χ4n) is 1.41. The Morgan fingerprint density at radius 1 is 1.18 bits per heavy atom. The summed E-state index contributed by atoms with van der Waals surface area (Å²) in [7, 11) is 0. The maximum absolute atomic E-state index is 10.8. The van der Waals surface area contributed by atoms with E-state index in [0.29, 0.717) is 0 Å². The van der Waals surface area contributed by atoms with Gasteiger partial charge in [-0.25, -0.2) is 4.79 Å². The van der Waals surface area contributed by atoms with E-state index in [4.69, 9.17) is 15.9 Å². The van der Waals surface area contributed by atoms with Gasteiger partial charge in [0.05, 0.1) is 5.92 Å². The number of aromatic carboxylic acids is 1. The van der Waals surface area contributed by atoms with E-state index in [1.165, 1.54) is 0 Å². The van der Waals surface area contributed by atoms with Crippen molar-refractivity contribution in [1.82, 2.24) is 0 Å². The highest BCUT2D eigenvalue weighted by Gasteiger charge is 2.24. The van der Waals surface area contributed by atoms with Gasteiger partial charge in [-0.2, -0.15) is 0 Å². The van der Waals surface area contributed by atoms with Crippen molar-refractivity contribution in [3.05, 3.63) is 23.3 Å². The average Bonchev–Trinajstić information content (AvgIpc) is 2.21. The second kappa shape index (κ2) is 4.71. The molecule has 0 bridgehead atoms. The van der Waals surface area contributed by atoms with Gasteiger partial charge in [0.1, 0.15) is 17.1 Å². The van der Waals surface area contributed by atoms with Crippen molar-refractivity contribution < 1.29 is 30.0 Å². The molecule has 1 aromatic rings. The molecule has 0 spiro atoms. The normalized spacial score (nSPS) is 12.1. The smallest absolute Gasteiger partial charge is 0.339 e. The number of carboxylic acid groups (broad SMARTS) is 2. The Hall–Kier alpha value is -2.28. The zero-order valence-electron chi connectivity index (χ0n) is 8.62. The zero-order chi connectivity index (χ0) is 13.2. The van der Waals surface area contributed by atoms with Crippen LogP contribution in [0.5, 0.6) is 11.5 Å². The molecule has 0 amide bonds. The van der Waals surface area contributed by atoms with Crippen molar-refractivity contribution in [2.45, 2.75) is 5.92 Å². The van der Waals surface area contributed by atoms with E-state index < -0.39 is 34.9 Å². The van der Waals surface area contributed by atoms with Crippen molar-refractivity contribution in [3.63, 3.8) is 0 Å². The summed E-state index contributed by atoms with van der Waals surface area (Å²) >= 11 is 0. The van der Waals surface area contributed by atoms with Crippen molar-refractivity contribution >= 4 is 11.9 Å². The lowest BCUT2D eigenvalue weighted by Gasteiger charge is -2.13. The van der Waals surface area contributed by atoms with E-state index in [9.17, 15) is 19.8 Å². The number of phenolic OH excluding ortho intramolecular Hbond substituents is 1. The van der Waals surface area contributed by atoms with Crippen LogP contribution in [0.4, 0.5) is 0 Å². The number of aliphatic carboxylic acids is 1. The third-order valence-corrected chi connectivity index (χ3v) is 2.28. The fourth-order valence-corrected chi connectivity index (χ4v) is 1.41.